The Kier molecular flexibility index (Phi) is 8.18. The molecule has 0 radical (unpaired) electrons. The van der Waals surface area contributed by atoms with Crippen LogP contribution in [0.15, 0.2) is 30.3 Å². The number of amides is 3. The number of aliphatic carboxylic acids is 1. The van der Waals surface area contributed by atoms with E-state index in [4.69, 9.17) is 4.74 Å². The number of carboxylic acids is 1. The Labute approximate surface area is 243 Å². The van der Waals surface area contributed by atoms with Gasteiger partial charge in [-0.3, -0.25) is 14.7 Å². The van der Waals surface area contributed by atoms with Gasteiger partial charge >= 0.3 is 12.0 Å². The standard InChI is InChI=1S/C30H45N5O5Si/c1-19(28(2,3)26(37)38)40-18-22(20-13-10-9-11-14-20)31-27(39)35-17-21-23(29(35,4)5)33-34-24(21)32-25(36)30(15-12-16-30)41(6,7)8/h9-11,13-14,19,22H,12,15-18H2,1-8H3,(H,31,39)(H,37,38)(H2,32,33,34,36)/t19-,22?/m0/s1. The van der Waals surface area contributed by atoms with Gasteiger partial charge in [-0.25, -0.2) is 4.79 Å². The van der Waals surface area contributed by atoms with Gasteiger partial charge in [0.15, 0.2) is 5.82 Å². The summed E-state index contributed by atoms with van der Waals surface area (Å²) < 4.78 is 6.01. The number of anilines is 1. The van der Waals surface area contributed by atoms with Gasteiger partial charge in [0.25, 0.3) is 0 Å². The molecule has 1 aliphatic carbocycles. The van der Waals surface area contributed by atoms with Crippen LogP contribution < -0.4 is 10.6 Å². The van der Waals surface area contributed by atoms with Gasteiger partial charge < -0.3 is 25.4 Å². The number of aromatic nitrogens is 2. The Morgan fingerprint density at radius 3 is 2.34 bits per heavy atom. The topological polar surface area (TPSA) is 137 Å². The van der Waals surface area contributed by atoms with Gasteiger partial charge in [-0.15, -0.1) is 0 Å². The molecule has 1 aliphatic heterocycles. The molecule has 2 heterocycles. The predicted octanol–water partition coefficient (Wildman–Crippen LogP) is 5.63. The maximum absolute atomic E-state index is 13.8. The number of carbonyl (C=O) groups excluding carboxylic acids is 2. The fourth-order valence-corrected chi connectivity index (χ4v) is 8.37. The molecule has 3 amide bonds. The molecule has 1 aromatic carbocycles. The number of rotatable bonds is 10. The van der Waals surface area contributed by atoms with E-state index in [1.54, 1.807) is 25.7 Å². The number of nitrogens with one attached hydrogen (secondary N) is 3. The SMILES string of the molecule is C[C@H](OCC(NC(=O)N1Cc2c(NC(=O)C3([Si](C)(C)C)CCC3)n[nH]c2C1(C)C)c1ccccc1)C(C)(C)C(=O)O. The first kappa shape index (κ1) is 30.8. The van der Waals surface area contributed by atoms with Crippen molar-refractivity contribution in [3.8, 4) is 0 Å². The lowest BCUT2D eigenvalue weighted by molar-refractivity contribution is -0.155. The minimum Gasteiger partial charge on any atom is -0.481 e. The van der Waals surface area contributed by atoms with Crippen molar-refractivity contribution in [2.45, 2.75) is 103 Å². The lowest BCUT2D eigenvalue weighted by atomic mass is 9.83. The summed E-state index contributed by atoms with van der Waals surface area (Å²) in [5.41, 5.74) is 0.661. The van der Waals surface area contributed by atoms with Crippen LogP contribution in [0.2, 0.25) is 24.7 Å². The molecule has 2 aliphatic rings. The minimum absolute atomic E-state index is 0.0395. The zero-order chi connectivity index (χ0) is 30.4. The number of carbonyl (C=O) groups is 3. The number of aromatic amines is 1. The molecule has 4 rings (SSSR count). The highest BCUT2D eigenvalue weighted by Crippen LogP contribution is 2.56. The molecule has 224 valence electrons. The number of hydrogen-bond donors (Lipinski definition) is 4. The van der Waals surface area contributed by atoms with Crippen LogP contribution in [0.5, 0.6) is 0 Å². The van der Waals surface area contributed by atoms with Crippen LogP contribution >= 0.6 is 0 Å². The second-order valence-electron chi connectivity index (χ2n) is 13.6. The van der Waals surface area contributed by atoms with Crippen molar-refractivity contribution in [1.29, 1.82) is 0 Å². The van der Waals surface area contributed by atoms with Gasteiger partial charge in [0.2, 0.25) is 5.91 Å². The number of carboxylic acid groups (broad SMARTS) is 1. The van der Waals surface area contributed by atoms with Crippen molar-refractivity contribution in [3.63, 3.8) is 0 Å². The molecule has 2 atom stereocenters. The smallest absolute Gasteiger partial charge is 0.319 e. The normalized spacial score (nSPS) is 19.1. The van der Waals surface area contributed by atoms with Crippen molar-refractivity contribution in [2.24, 2.45) is 5.41 Å². The second-order valence-corrected chi connectivity index (χ2v) is 19.1. The first-order valence-corrected chi connectivity index (χ1v) is 17.9. The molecule has 1 saturated carbocycles. The number of hydrogen-bond acceptors (Lipinski definition) is 5. The number of nitrogens with zero attached hydrogens (tertiary/aromatic N) is 2. The van der Waals surface area contributed by atoms with E-state index in [2.05, 4.69) is 40.5 Å². The minimum atomic E-state index is -1.76. The highest BCUT2D eigenvalue weighted by Gasteiger charge is 2.54. The van der Waals surface area contributed by atoms with Gasteiger partial charge in [-0.05, 0) is 53.0 Å². The molecule has 1 aromatic heterocycles. The molecule has 41 heavy (non-hydrogen) atoms. The third kappa shape index (κ3) is 5.53. The van der Waals surface area contributed by atoms with E-state index in [0.717, 1.165) is 36.1 Å². The Morgan fingerprint density at radius 2 is 1.80 bits per heavy atom. The van der Waals surface area contributed by atoms with Crippen LogP contribution in [0.4, 0.5) is 10.6 Å². The van der Waals surface area contributed by atoms with Crippen molar-refractivity contribution in [3.05, 3.63) is 47.2 Å². The first-order chi connectivity index (χ1) is 19.0. The summed E-state index contributed by atoms with van der Waals surface area (Å²) in [5, 5.41) is 23.1. The van der Waals surface area contributed by atoms with Gasteiger partial charge in [0.05, 0.1) is 50.0 Å². The molecule has 1 unspecified atom stereocenters. The number of fused-ring (bicyclic) bond motifs is 1. The Hall–Kier alpha value is -3.18. The number of H-pyrrole nitrogens is 1. The monoisotopic (exact) mass is 583 g/mol. The Bertz CT molecular complexity index is 1300. The Morgan fingerprint density at radius 1 is 1.17 bits per heavy atom. The zero-order valence-corrected chi connectivity index (χ0v) is 26.6. The molecule has 0 spiro atoms. The van der Waals surface area contributed by atoms with Crippen LogP contribution in [0.3, 0.4) is 0 Å². The Balaban J connectivity index is 1.51. The molecule has 0 saturated heterocycles. The summed E-state index contributed by atoms with van der Waals surface area (Å²) in [5.74, 6) is -0.418. The number of urea groups is 1. The van der Waals surface area contributed by atoms with E-state index in [0.29, 0.717) is 5.82 Å². The number of ether oxygens (including phenoxy) is 1. The van der Waals surface area contributed by atoms with E-state index in [1.807, 2.05) is 44.2 Å². The average Bonchev–Trinajstić information content (AvgIpc) is 3.37. The predicted molar refractivity (Wildman–Crippen MR) is 160 cm³/mol. The summed E-state index contributed by atoms with van der Waals surface area (Å²) in [6.45, 7) is 16.0. The van der Waals surface area contributed by atoms with Crippen molar-refractivity contribution in [1.82, 2.24) is 20.4 Å². The quantitative estimate of drug-likeness (QED) is 0.268. The molecule has 10 nitrogen and oxygen atoms in total. The van der Waals surface area contributed by atoms with Crippen LogP contribution in [0.25, 0.3) is 0 Å². The maximum Gasteiger partial charge on any atom is 0.319 e. The summed E-state index contributed by atoms with van der Waals surface area (Å²) >= 11 is 0. The second kappa shape index (κ2) is 10.9. The van der Waals surface area contributed by atoms with E-state index < -0.39 is 37.1 Å². The summed E-state index contributed by atoms with van der Waals surface area (Å²) in [4.78, 5) is 40.7. The van der Waals surface area contributed by atoms with E-state index in [9.17, 15) is 19.5 Å². The fraction of sp³-hybridized carbons (Fsp3) is 0.600. The van der Waals surface area contributed by atoms with Crippen LogP contribution in [-0.4, -0.2) is 58.9 Å². The maximum atomic E-state index is 13.8. The van der Waals surface area contributed by atoms with Crippen molar-refractivity contribution in [2.75, 3.05) is 11.9 Å². The summed E-state index contributed by atoms with van der Waals surface area (Å²) in [7, 11) is -1.76. The molecule has 4 N–H and O–H groups in total. The largest absolute Gasteiger partial charge is 0.481 e. The third-order valence-corrected chi connectivity index (χ3v) is 13.2. The summed E-state index contributed by atoms with van der Waals surface area (Å²) in [6, 6.07) is 8.69. The van der Waals surface area contributed by atoms with Gasteiger partial charge in [0.1, 0.15) is 0 Å². The molecule has 1 fully saturated rings. The lowest BCUT2D eigenvalue weighted by Gasteiger charge is -2.48. The van der Waals surface area contributed by atoms with Crippen LogP contribution in [-0.2, 0) is 26.4 Å². The zero-order valence-electron chi connectivity index (χ0n) is 25.6. The first-order valence-electron chi connectivity index (χ1n) is 14.4. The van der Waals surface area contributed by atoms with Gasteiger partial charge in [-0.1, -0.05) is 56.4 Å². The van der Waals surface area contributed by atoms with Crippen LogP contribution in [0.1, 0.15) is 76.7 Å². The van der Waals surface area contributed by atoms with E-state index in [-0.39, 0.29) is 30.1 Å². The molecule has 0 bridgehead atoms. The lowest BCUT2D eigenvalue weighted by Crippen LogP contribution is -2.52. The molecule has 11 heteroatoms. The third-order valence-electron chi connectivity index (χ3n) is 9.60. The van der Waals surface area contributed by atoms with E-state index in [1.165, 1.54) is 0 Å². The highest BCUT2D eigenvalue weighted by atomic mass is 28.3. The van der Waals surface area contributed by atoms with Crippen LogP contribution in [0, 0.1) is 5.41 Å². The summed E-state index contributed by atoms with van der Waals surface area (Å²) in [6.07, 6.45) is 2.30. The van der Waals surface area contributed by atoms with Crippen molar-refractivity contribution >= 4 is 31.8 Å². The molecular formula is C30H45N5O5Si. The average molecular weight is 584 g/mol. The van der Waals surface area contributed by atoms with Crippen molar-refractivity contribution < 1.29 is 24.2 Å². The van der Waals surface area contributed by atoms with Gasteiger partial charge in [-0.2, -0.15) is 5.10 Å². The highest BCUT2D eigenvalue weighted by molar-refractivity contribution is 6.83. The fourth-order valence-electron chi connectivity index (χ4n) is 5.78. The molecule has 2 aromatic rings. The number of benzene rings is 1. The van der Waals surface area contributed by atoms with E-state index >= 15 is 0 Å². The van der Waals surface area contributed by atoms with Gasteiger partial charge in [0, 0.05) is 10.6 Å². The molecular weight excluding hydrogens is 538 g/mol.